The molecule has 0 fully saturated rings. The van der Waals surface area contributed by atoms with Gasteiger partial charge in [0.05, 0.1) is 23.7 Å². The highest BCUT2D eigenvalue weighted by molar-refractivity contribution is 8.00. The van der Waals surface area contributed by atoms with Crippen LogP contribution >= 0.6 is 11.8 Å². The zero-order chi connectivity index (χ0) is 22.0. The third-order valence-corrected chi connectivity index (χ3v) is 6.42. The molecule has 2 heterocycles. The quantitative estimate of drug-likeness (QED) is 0.416. The highest BCUT2D eigenvalue weighted by Crippen LogP contribution is 2.34. The summed E-state index contributed by atoms with van der Waals surface area (Å²) in [6.07, 6.45) is 0.717. The van der Waals surface area contributed by atoms with E-state index in [9.17, 15) is 4.79 Å². The van der Waals surface area contributed by atoms with E-state index in [-0.39, 0.29) is 11.5 Å². The van der Waals surface area contributed by atoms with Gasteiger partial charge in [-0.2, -0.15) is 0 Å². The Bertz CT molecular complexity index is 1080. The van der Waals surface area contributed by atoms with Crippen molar-refractivity contribution in [3.05, 3.63) is 71.4 Å². The molecule has 1 aliphatic heterocycles. The Morgan fingerprint density at radius 3 is 2.52 bits per heavy atom. The maximum atomic E-state index is 12.8. The van der Waals surface area contributed by atoms with Crippen molar-refractivity contribution in [2.75, 3.05) is 17.7 Å². The van der Waals surface area contributed by atoms with Crippen molar-refractivity contribution < 1.29 is 9.53 Å². The molecule has 4 rings (SSSR count). The number of rotatable bonds is 5. The monoisotopic (exact) mass is 433 g/mol. The van der Waals surface area contributed by atoms with Crippen LogP contribution in [0.5, 0.6) is 0 Å². The number of anilines is 1. The third kappa shape index (κ3) is 4.97. The van der Waals surface area contributed by atoms with Crippen molar-refractivity contribution in [2.45, 2.75) is 44.4 Å². The van der Waals surface area contributed by atoms with Gasteiger partial charge >= 0.3 is 0 Å². The predicted octanol–water partition coefficient (Wildman–Crippen LogP) is 5.06. The summed E-state index contributed by atoms with van der Waals surface area (Å²) in [5.41, 5.74) is 4.79. The van der Waals surface area contributed by atoms with E-state index >= 15 is 0 Å². The van der Waals surface area contributed by atoms with Crippen molar-refractivity contribution in [3.63, 3.8) is 0 Å². The normalized spacial score (nSPS) is 14.7. The molecule has 6 heteroatoms. The second kappa shape index (κ2) is 8.81. The van der Waals surface area contributed by atoms with Crippen LogP contribution in [0.25, 0.3) is 11.4 Å². The zero-order valence-electron chi connectivity index (χ0n) is 18.4. The van der Waals surface area contributed by atoms with Crippen LogP contribution in [0.1, 0.15) is 30.7 Å². The molecule has 1 aromatic heterocycles. The minimum absolute atomic E-state index is 0.0255. The van der Waals surface area contributed by atoms with Gasteiger partial charge in [0, 0.05) is 30.3 Å². The Labute approximate surface area is 187 Å². The Hall–Kier alpha value is -2.70. The molecule has 0 radical (unpaired) electrons. The van der Waals surface area contributed by atoms with Crippen molar-refractivity contribution >= 4 is 23.4 Å². The number of ether oxygens (including phenoxy) is 1. The molecule has 0 aliphatic carbocycles. The minimum atomic E-state index is -0.267. The fourth-order valence-electron chi connectivity index (χ4n) is 3.49. The largest absolute Gasteiger partial charge is 0.370 e. The van der Waals surface area contributed by atoms with Gasteiger partial charge in [0.15, 0.2) is 5.82 Å². The van der Waals surface area contributed by atoms with Gasteiger partial charge in [-0.05, 0) is 32.9 Å². The molecule has 1 aliphatic rings. The first kappa shape index (κ1) is 21.5. The molecule has 0 bridgehead atoms. The maximum Gasteiger partial charge on any atom is 0.237 e. The van der Waals surface area contributed by atoms with Crippen LogP contribution in [-0.4, -0.2) is 34.3 Å². The third-order valence-electron chi connectivity index (χ3n) is 5.41. The van der Waals surface area contributed by atoms with Crippen LogP contribution in [0.2, 0.25) is 0 Å². The number of thioether (sulfide) groups is 1. The SMILES string of the molecule is Cc1ccc(-c2nc3c(c(SCC(=O)N(C)c4ccccc4)n2)COC(C)(C)C3)cc1. The lowest BCUT2D eigenvalue weighted by atomic mass is 9.96. The number of aryl methyl sites for hydroxylation is 1. The maximum absolute atomic E-state index is 12.8. The summed E-state index contributed by atoms with van der Waals surface area (Å²) in [5, 5.41) is 0.825. The number of carbonyl (C=O) groups excluding carboxylic acids is 1. The van der Waals surface area contributed by atoms with Crippen molar-refractivity contribution in [1.82, 2.24) is 9.97 Å². The lowest BCUT2D eigenvalue weighted by Crippen LogP contribution is -2.33. The summed E-state index contributed by atoms with van der Waals surface area (Å²) in [4.78, 5) is 24.2. The first-order valence-electron chi connectivity index (χ1n) is 10.4. The molecule has 1 amide bonds. The topological polar surface area (TPSA) is 55.3 Å². The second-order valence-corrected chi connectivity index (χ2v) is 9.41. The van der Waals surface area contributed by atoms with Crippen LogP contribution in [-0.2, 0) is 22.6 Å². The van der Waals surface area contributed by atoms with Crippen LogP contribution in [0.4, 0.5) is 5.69 Å². The molecule has 160 valence electrons. The first-order valence-corrected chi connectivity index (χ1v) is 11.4. The molecule has 0 spiro atoms. The summed E-state index contributed by atoms with van der Waals surface area (Å²) in [6.45, 7) is 6.68. The molecule has 0 saturated heterocycles. The lowest BCUT2D eigenvalue weighted by molar-refractivity contribution is -0.115. The number of hydrogen-bond donors (Lipinski definition) is 0. The highest BCUT2D eigenvalue weighted by atomic mass is 32.2. The van der Waals surface area contributed by atoms with Crippen molar-refractivity contribution in [1.29, 1.82) is 0 Å². The van der Waals surface area contributed by atoms with E-state index in [0.717, 1.165) is 34.0 Å². The van der Waals surface area contributed by atoms with E-state index in [4.69, 9.17) is 14.7 Å². The van der Waals surface area contributed by atoms with Crippen molar-refractivity contribution in [3.8, 4) is 11.4 Å². The van der Waals surface area contributed by atoms with Crippen molar-refractivity contribution in [2.24, 2.45) is 0 Å². The summed E-state index contributed by atoms with van der Waals surface area (Å²) in [6, 6.07) is 17.9. The molecule has 5 nitrogen and oxygen atoms in total. The Morgan fingerprint density at radius 2 is 1.81 bits per heavy atom. The smallest absolute Gasteiger partial charge is 0.237 e. The van der Waals surface area contributed by atoms with Crippen LogP contribution in [0, 0.1) is 6.92 Å². The molecular formula is C25H27N3O2S. The van der Waals surface area contributed by atoms with Gasteiger partial charge in [-0.25, -0.2) is 9.97 Å². The fourth-order valence-corrected chi connectivity index (χ4v) is 4.45. The molecular weight excluding hydrogens is 406 g/mol. The van der Waals surface area contributed by atoms with Gasteiger partial charge < -0.3 is 9.64 Å². The number of nitrogens with zero attached hydrogens (tertiary/aromatic N) is 3. The molecule has 2 aromatic carbocycles. The molecule has 31 heavy (non-hydrogen) atoms. The molecule has 0 saturated carbocycles. The Morgan fingerprint density at radius 1 is 1.10 bits per heavy atom. The van der Waals surface area contributed by atoms with Gasteiger partial charge in [0.1, 0.15) is 5.03 Å². The number of amides is 1. The van der Waals surface area contributed by atoms with Crippen LogP contribution < -0.4 is 4.90 Å². The van der Waals surface area contributed by atoms with E-state index in [2.05, 4.69) is 32.9 Å². The summed E-state index contributed by atoms with van der Waals surface area (Å²) in [7, 11) is 1.80. The predicted molar refractivity (Wildman–Crippen MR) is 125 cm³/mol. The zero-order valence-corrected chi connectivity index (χ0v) is 19.2. The van der Waals surface area contributed by atoms with E-state index in [1.807, 2.05) is 42.5 Å². The lowest BCUT2D eigenvalue weighted by Gasteiger charge is -2.32. The van der Waals surface area contributed by atoms with Gasteiger partial charge in [0.2, 0.25) is 5.91 Å². The van der Waals surface area contributed by atoms with Crippen LogP contribution in [0.15, 0.2) is 59.6 Å². The number of hydrogen-bond acceptors (Lipinski definition) is 5. The van der Waals surface area contributed by atoms with E-state index < -0.39 is 0 Å². The molecule has 0 atom stereocenters. The first-order chi connectivity index (χ1) is 14.8. The van der Waals surface area contributed by atoms with Gasteiger partial charge in [0.25, 0.3) is 0 Å². The van der Waals surface area contributed by atoms with E-state index in [1.165, 1.54) is 17.3 Å². The Balaban J connectivity index is 1.62. The molecule has 0 N–H and O–H groups in total. The van der Waals surface area contributed by atoms with Gasteiger partial charge in [-0.15, -0.1) is 0 Å². The average Bonchev–Trinajstić information content (AvgIpc) is 2.76. The number of benzene rings is 2. The molecule has 0 unspecified atom stereocenters. The summed E-state index contributed by atoms with van der Waals surface area (Å²) >= 11 is 1.46. The number of para-hydroxylation sites is 1. The summed E-state index contributed by atoms with van der Waals surface area (Å²) in [5.74, 6) is 1.02. The average molecular weight is 434 g/mol. The Kier molecular flexibility index (Phi) is 6.12. The number of aromatic nitrogens is 2. The van der Waals surface area contributed by atoms with Gasteiger partial charge in [-0.1, -0.05) is 59.8 Å². The number of fused-ring (bicyclic) bond motifs is 1. The van der Waals surface area contributed by atoms with E-state index in [0.29, 0.717) is 18.2 Å². The minimum Gasteiger partial charge on any atom is -0.370 e. The highest BCUT2D eigenvalue weighted by Gasteiger charge is 2.30. The summed E-state index contributed by atoms with van der Waals surface area (Å²) < 4.78 is 6.03. The van der Waals surface area contributed by atoms with Gasteiger partial charge in [-0.3, -0.25) is 4.79 Å². The van der Waals surface area contributed by atoms with Crippen LogP contribution in [0.3, 0.4) is 0 Å². The number of carbonyl (C=O) groups is 1. The van der Waals surface area contributed by atoms with E-state index in [1.54, 1.807) is 11.9 Å². The standard InChI is InChI=1S/C25H27N3O2S/c1-17-10-12-18(13-11-17)23-26-21-14-25(2,3)30-15-20(21)24(27-23)31-16-22(29)28(4)19-8-6-5-7-9-19/h5-13H,14-16H2,1-4H3. The fraction of sp³-hybridized carbons (Fsp3) is 0.320. The second-order valence-electron chi connectivity index (χ2n) is 8.45. The molecule has 3 aromatic rings.